The third-order valence-electron chi connectivity index (χ3n) is 3.65. The Labute approximate surface area is 166 Å². The Kier molecular flexibility index (Phi) is 8.88. The second-order valence-electron chi connectivity index (χ2n) is 6.28. The van der Waals surface area contributed by atoms with Crippen molar-refractivity contribution in [3.05, 3.63) is 53.9 Å². The van der Waals surface area contributed by atoms with Gasteiger partial charge in [0.15, 0.2) is 5.96 Å². The van der Waals surface area contributed by atoms with E-state index in [9.17, 15) is 4.39 Å². The van der Waals surface area contributed by atoms with Gasteiger partial charge in [-0.25, -0.2) is 9.37 Å². The van der Waals surface area contributed by atoms with E-state index in [2.05, 4.69) is 33.7 Å². The summed E-state index contributed by atoms with van der Waals surface area (Å²) in [6.45, 7) is 6.48. The smallest absolute Gasteiger partial charge is 0.194 e. The van der Waals surface area contributed by atoms with Crippen LogP contribution in [0.1, 0.15) is 25.2 Å². The number of benzene rings is 1. The van der Waals surface area contributed by atoms with E-state index in [4.69, 9.17) is 0 Å². The average molecular weight is 459 g/mol. The average Bonchev–Trinajstić information content (AvgIpc) is 2.94. The molecule has 0 aliphatic carbocycles. The standard InChI is InChI=1S/C18H26FN5.HI/c1-14(2)12-24-9-8-21-17(24)11-22-18(20-3)23(4)13-15-6-5-7-16(19)10-15;/h5-10,14H,11-13H2,1-4H3,(H,20,22);1H. The predicted octanol–water partition coefficient (Wildman–Crippen LogP) is 3.50. The summed E-state index contributed by atoms with van der Waals surface area (Å²) in [6.07, 6.45) is 3.81. The highest BCUT2D eigenvalue weighted by Gasteiger charge is 2.10. The van der Waals surface area contributed by atoms with Gasteiger partial charge in [0.2, 0.25) is 0 Å². The molecule has 0 unspecified atom stereocenters. The predicted molar refractivity (Wildman–Crippen MR) is 111 cm³/mol. The number of nitrogens with zero attached hydrogens (tertiary/aromatic N) is 4. The third-order valence-corrected chi connectivity index (χ3v) is 3.65. The summed E-state index contributed by atoms with van der Waals surface area (Å²) in [4.78, 5) is 10.7. The first-order valence-corrected chi connectivity index (χ1v) is 8.15. The molecule has 0 saturated heterocycles. The molecule has 0 bridgehead atoms. The van der Waals surface area contributed by atoms with Gasteiger partial charge in [0.1, 0.15) is 11.6 Å². The molecule has 0 aliphatic rings. The Hall–Kier alpha value is -1.64. The molecule has 5 nitrogen and oxygen atoms in total. The Morgan fingerprint density at radius 3 is 2.80 bits per heavy atom. The van der Waals surface area contributed by atoms with Crippen molar-refractivity contribution in [1.82, 2.24) is 19.8 Å². The van der Waals surface area contributed by atoms with E-state index >= 15 is 0 Å². The van der Waals surface area contributed by atoms with Crippen molar-refractivity contribution < 1.29 is 4.39 Å². The lowest BCUT2D eigenvalue weighted by molar-refractivity contribution is 0.466. The fraction of sp³-hybridized carbons (Fsp3) is 0.444. The van der Waals surface area contributed by atoms with Crippen molar-refractivity contribution in [2.45, 2.75) is 33.5 Å². The third kappa shape index (κ3) is 6.64. The second kappa shape index (κ2) is 10.4. The highest BCUT2D eigenvalue weighted by molar-refractivity contribution is 14.0. The zero-order valence-corrected chi connectivity index (χ0v) is 17.6. The molecule has 0 amide bonds. The Balaban J connectivity index is 0.00000312. The first-order chi connectivity index (χ1) is 11.5. The van der Waals surface area contributed by atoms with Gasteiger partial charge in [-0.05, 0) is 23.6 Å². The number of rotatable bonds is 6. The van der Waals surface area contributed by atoms with E-state index in [0.29, 0.717) is 19.0 Å². The van der Waals surface area contributed by atoms with Crippen LogP contribution in [-0.4, -0.2) is 34.5 Å². The highest BCUT2D eigenvalue weighted by atomic mass is 127. The van der Waals surface area contributed by atoms with Gasteiger partial charge < -0.3 is 14.8 Å². The number of guanidine groups is 1. The number of aromatic nitrogens is 2. The van der Waals surface area contributed by atoms with Crippen LogP contribution in [0.4, 0.5) is 4.39 Å². The lowest BCUT2D eigenvalue weighted by atomic mass is 10.2. The van der Waals surface area contributed by atoms with E-state index in [1.165, 1.54) is 6.07 Å². The second-order valence-corrected chi connectivity index (χ2v) is 6.28. The Morgan fingerprint density at radius 1 is 1.40 bits per heavy atom. The Morgan fingerprint density at radius 2 is 2.16 bits per heavy atom. The van der Waals surface area contributed by atoms with Crippen LogP contribution in [0, 0.1) is 11.7 Å². The minimum atomic E-state index is -0.223. The van der Waals surface area contributed by atoms with E-state index in [1.807, 2.05) is 30.4 Å². The van der Waals surface area contributed by atoms with Crippen molar-refractivity contribution >= 4 is 29.9 Å². The van der Waals surface area contributed by atoms with Crippen molar-refractivity contribution in [1.29, 1.82) is 0 Å². The molecule has 1 N–H and O–H groups in total. The van der Waals surface area contributed by atoms with E-state index in [1.54, 1.807) is 19.2 Å². The van der Waals surface area contributed by atoms with Gasteiger partial charge in [0, 0.05) is 39.6 Å². The van der Waals surface area contributed by atoms with E-state index < -0.39 is 0 Å². The zero-order chi connectivity index (χ0) is 17.5. The number of hydrogen-bond donors (Lipinski definition) is 1. The van der Waals surface area contributed by atoms with Gasteiger partial charge >= 0.3 is 0 Å². The summed E-state index contributed by atoms with van der Waals surface area (Å²) < 4.78 is 15.5. The summed E-state index contributed by atoms with van der Waals surface area (Å²) >= 11 is 0. The maximum Gasteiger partial charge on any atom is 0.194 e. The van der Waals surface area contributed by atoms with Crippen LogP contribution >= 0.6 is 24.0 Å². The fourth-order valence-corrected chi connectivity index (χ4v) is 2.59. The molecule has 0 atom stereocenters. The molecule has 0 saturated carbocycles. The fourth-order valence-electron chi connectivity index (χ4n) is 2.59. The normalized spacial score (nSPS) is 11.4. The number of hydrogen-bond acceptors (Lipinski definition) is 2. The molecule has 2 aromatic rings. The highest BCUT2D eigenvalue weighted by Crippen LogP contribution is 2.07. The molecule has 7 heteroatoms. The minimum absolute atomic E-state index is 0. The van der Waals surface area contributed by atoms with Gasteiger partial charge in [0.25, 0.3) is 0 Å². The van der Waals surface area contributed by atoms with Crippen LogP contribution in [0.25, 0.3) is 0 Å². The maximum atomic E-state index is 13.3. The van der Waals surface area contributed by atoms with Crippen LogP contribution in [0.2, 0.25) is 0 Å². The molecular weight excluding hydrogens is 432 g/mol. The van der Waals surface area contributed by atoms with Gasteiger partial charge in [-0.2, -0.15) is 0 Å². The van der Waals surface area contributed by atoms with Gasteiger partial charge in [0.05, 0.1) is 6.54 Å². The molecule has 0 fully saturated rings. The molecule has 0 aliphatic heterocycles. The lowest BCUT2D eigenvalue weighted by Gasteiger charge is -2.22. The van der Waals surface area contributed by atoms with Crippen LogP contribution in [0.3, 0.4) is 0 Å². The Bertz CT molecular complexity index is 684. The van der Waals surface area contributed by atoms with Gasteiger partial charge in [-0.1, -0.05) is 26.0 Å². The first kappa shape index (κ1) is 21.4. The summed E-state index contributed by atoms with van der Waals surface area (Å²) in [5, 5.41) is 3.32. The lowest BCUT2D eigenvalue weighted by Crippen LogP contribution is -2.38. The quantitative estimate of drug-likeness (QED) is 0.409. The van der Waals surface area contributed by atoms with Gasteiger partial charge in [-0.3, -0.25) is 4.99 Å². The topological polar surface area (TPSA) is 45.5 Å². The van der Waals surface area contributed by atoms with Crippen LogP contribution < -0.4 is 5.32 Å². The first-order valence-electron chi connectivity index (χ1n) is 8.15. The largest absolute Gasteiger partial charge is 0.349 e. The monoisotopic (exact) mass is 459 g/mol. The summed E-state index contributed by atoms with van der Waals surface area (Å²) in [5.74, 6) is 2.06. The van der Waals surface area contributed by atoms with Crippen LogP contribution in [0.5, 0.6) is 0 Å². The molecule has 1 aromatic carbocycles. The summed E-state index contributed by atoms with van der Waals surface area (Å²) in [7, 11) is 3.67. The molecule has 0 spiro atoms. The summed E-state index contributed by atoms with van der Waals surface area (Å²) in [6, 6.07) is 6.61. The zero-order valence-electron chi connectivity index (χ0n) is 15.2. The maximum absolute atomic E-state index is 13.3. The molecule has 1 aromatic heterocycles. The van der Waals surface area contributed by atoms with Gasteiger partial charge in [-0.15, -0.1) is 24.0 Å². The van der Waals surface area contributed by atoms with E-state index in [0.717, 1.165) is 23.9 Å². The minimum Gasteiger partial charge on any atom is -0.349 e. The molecule has 1 heterocycles. The van der Waals surface area contributed by atoms with E-state index in [-0.39, 0.29) is 29.8 Å². The molecule has 25 heavy (non-hydrogen) atoms. The van der Waals surface area contributed by atoms with Crippen LogP contribution in [-0.2, 0) is 19.6 Å². The van der Waals surface area contributed by atoms with Crippen molar-refractivity contribution in [2.24, 2.45) is 10.9 Å². The molecule has 2 rings (SSSR count). The van der Waals surface area contributed by atoms with Crippen molar-refractivity contribution in [2.75, 3.05) is 14.1 Å². The molecule has 0 radical (unpaired) electrons. The number of nitrogens with one attached hydrogen (secondary N) is 1. The number of imidazole rings is 1. The number of aliphatic imine (C=N–C) groups is 1. The number of halogens is 2. The van der Waals surface area contributed by atoms with Crippen molar-refractivity contribution in [3.8, 4) is 0 Å². The molecule has 138 valence electrons. The SMILES string of the molecule is CN=C(NCc1nccn1CC(C)C)N(C)Cc1cccc(F)c1.I. The summed E-state index contributed by atoms with van der Waals surface area (Å²) in [5.41, 5.74) is 0.904. The molecular formula is C18H27FIN5. The van der Waals surface area contributed by atoms with Crippen molar-refractivity contribution in [3.63, 3.8) is 0 Å². The van der Waals surface area contributed by atoms with Crippen LogP contribution in [0.15, 0.2) is 41.7 Å².